The normalized spacial score (nSPS) is 24.4. The first kappa shape index (κ1) is 102. The number of unbranched alkanes of at least 4 members (excludes halogenated alkanes) is 2. The van der Waals surface area contributed by atoms with E-state index < -0.39 is 222 Å². The molecule has 17 amide bonds. The summed E-state index contributed by atoms with van der Waals surface area (Å²) in [6.45, 7) is 4.39. The van der Waals surface area contributed by atoms with E-state index in [2.05, 4.69) is 73.4 Å². The van der Waals surface area contributed by atoms with Crippen molar-refractivity contribution in [2.75, 3.05) is 65.4 Å². The highest BCUT2D eigenvalue weighted by atomic mass is 32.2. The summed E-state index contributed by atoms with van der Waals surface area (Å²) >= 11 is 2.15. The van der Waals surface area contributed by atoms with Gasteiger partial charge in [-0.15, -0.1) is 23.1 Å². The van der Waals surface area contributed by atoms with Gasteiger partial charge >= 0.3 is 0 Å². The predicted octanol–water partition coefficient (Wildman–Crippen LogP) is -2.19. The van der Waals surface area contributed by atoms with Crippen molar-refractivity contribution >= 4 is 150 Å². The molecule has 0 spiro atoms. The van der Waals surface area contributed by atoms with Gasteiger partial charge in [-0.1, -0.05) is 88.1 Å². The second kappa shape index (κ2) is 49.1. The molecule has 3 aliphatic rings. The fourth-order valence-corrected chi connectivity index (χ4v) is 17.9. The lowest BCUT2D eigenvalue weighted by molar-refractivity contribution is -0.149. The van der Waals surface area contributed by atoms with Gasteiger partial charge in [0.1, 0.15) is 90.3 Å². The number of para-hydroxylation sites is 1. The molecule has 0 saturated carbocycles. The number of thiophene rings is 1. The molecule has 44 heteroatoms. The Morgan fingerprint density at radius 1 is 0.538 bits per heavy atom. The number of imidazole rings is 1. The Kier molecular flexibility index (Phi) is 38.1. The number of likely N-dealkylation sites (N-methyl/N-ethyl adjacent to an activating group) is 3. The minimum Gasteiger partial charge on any atom is -0.508 e. The molecule has 3 saturated heterocycles. The van der Waals surface area contributed by atoms with Crippen molar-refractivity contribution < 1.29 is 91.7 Å². The summed E-state index contributed by atoms with van der Waals surface area (Å²) in [6.07, 6.45) is 4.60. The number of nitrogens with one attached hydrogen (secondary N) is 14. The molecule has 3 aromatic heterocycles. The third-order valence-corrected chi connectivity index (χ3v) is 25.6. The zero-order valence-corrected chi connectivity index (χ0v) is 76.5. The van der Waals surface area contributed by atoms with Gasteiger partial charge in [0.05, 0.1) is 31.7 Å². The molecule has 9 rings (SSSR count). The lowest BCUT2D eigenvalue weighted by Crippen LogP contribution is -2.61. The molecule has 1 unspecified atom stereocenters. The number of amides is 17. The van der Waals surface area contributed by atoms with Crippen LogP contribution in [-0.2, 0) is 107 Å². The first-order valence-corrected chi connectivity index (χ1v) is 46.0. The number of thioether (sulfide) groups is 1. The Bertz CT molecular complexity index is 5130. The standard InChI is InChI=1S/C88H121N23O19S2/c1-8-10-23-66-80(123)100-58(22-16-32-94-88(91)92)77(120)106-65(76(119)96-42-72(90)115)45-131-46-73(116)99-61(35-50-28-30-54(113)31-29-50)83(126)107(5)49(4)75(118)104-63(39-71(89)114)85(128)110-33-17-25-67(110)82(125)102-60(38-53-41-93-47-97-53)79(122)105-64(43-112)86(129)111-34-18-26-68(111)81(124)101-59(36-51-40-95-57-21-14-12-19-55(51)57)78(121)98-48(3)74(117)103-62(37-52-44-132-70-27-15-13-20-56(52)70)84(127)109(7)69(24-11-9-2)87(130)108(66)6/h12-15,19-21,27-31,40-41,44,47-49,58-69,95,112-113H,8-11,16-18,22-26,32-39,42-43,45-46H2,1-7H3,(H2,89,114)(H2,90,115)(H,93,97)(H,96,119)(H,98,121)(H,99,116)(H,100,123)(H,101,124)(H,102,125)(H,103,117)(H,104,118)(H,105,122)(H,106,120)(H4,91,92,94)/t48-,49-,58-,59-,60-,61-,62-,63-,64-,65?,66-,67-,68-,69-/m0/s1. The third kappa shape index (κ3) is 28.1. The number of nitrogens with zero attached hydrogens (tertiary/aromatic N) is 6. The number of H-pyrrole nitrogens is 2. The van der Waals surface area contributed by atoms with Crippen molar-refractivity contribution in [1.29, 1.82) is 5.41 Å². The fourth-order valence-electron chi connectivity index (χ4n) is 16.1. The highest BCUT2D eigenvalue weighted by Crippen LogP contribution is 2.30. The molecule has 3 aromatic carbocycles. The topological polar surface area (TPSA) is 626 Å². The highest BCUT2D eigenvalue weighted by Gasteiger charge is 2.45. The number of hydrogen-bond donors (Lipinski definition) is 19. The van der Waals surface area contributed by atoms with Crippen molar-refractivity contribution in [3.63, 3.8) is 0 Å². The number of phenols is 1. The molecule has 6 heterocycles. The van der Waals surface area contributed by atoms with Gasteiger partial charge in [-0.3, -0.25) is 86.9 Å². The minimum absolute atomic E-state index is 0.000563. The van der Waals surface area contributed by atoms with Crippen LogP contribution in [0.25, 0.3) is 21.0 Å². The van der Waals surface area contributed by atoms with Crippen LogP contribution >= 0.6 is 23.1 Å². The summed E-state index contributed by atoms with van der Waals surface area (Å²) < 4.78 is 0.851. The smallest absolute Gasteiger partial charge is 0.248 e. The number of carbonyl (C=O) groups excluding carboxylic acids is 17. The maximum Gasteiger partial charge on any atom is 0.248 e. The predicted molar refractivity (Wildman–Crippen MR) is 488 cm³/mol. The molecule has 3 aliphatic heterocycles. The van der Waals surface area contributed by atoms with Crippen molar-refractivity contribution in [3.05, 3.63) is 119 Å². The van der Waals surface area contributed by atoms with Crippen LogP contribution in [0.1, 0.15) is 134 Å². The van der Waals surface area contributed by atoms with Crippen molar-refractivity contribution in [2.24, 2.45) is 17.2 Å². The average molecular weight is 1870 g/mol. The summed E-state index contributed by atoms with van der Waals surface area (Å²) in [6, 6.07) is -1.03. The van der Waals surface area contributed by atoms with E-state index in [0.29, 0.717) is 59.0 Å². The molecule has 0 aliphatic carbocycles. The van der Waals surface area contributed by atoms with Gasteiger partial charge in [-0.05, 0) is 117 Å². The van der Waals surface area contributed by atoms with Crippen molar-refractivity contribution in [3.8, 4) is 5.75 Å². The van der Waals surface area contributed by atoms with Gasteiger partial charge < -0.3 is 120 Å². The number of primary amides is 2. The highest BCUT2D eigenvalue weighted by molar-refractivity contribution is 8.00. The lowest BCUT2D eigenvalue weighted by atomic mass is 10.00. The van der Waals surface area contributed by atoms with E-state index in [1.54, 1.807) is 30.5 Å². The van der Waals surface area contributed by atoms with Crippen LogP contribution in [0.4, 0.5) is 0 Å². The van der Waals surface area contributed by atoms with Crippen LogP contribution in [0.5, 0.6) is 5.75 Å². The number of aromatic nitrogens is 3. The summed E-state index contributed by atoms with van der Waals surface area (Å²) in [5.41, 5.74) is 19.3. The quantitative estimate of drug-likeness (QED) is 0.0174. The zero-order valence-electron chi connectivity index (χ0n) is 74.9. The number of hydrogen-bond acceptors (Lipinski definition) is 23. The Morgan fingerprint density at radius 3 is 1.73 bits per heavy atom. The largest absolute Gasteiger partial charge is 0.508 e. The maximum absolute atomic E-state index is 15.7. The van der Waals surface area contributed by atoms with E-state index >= 15 is 28.8 Å². The maximum atomic E-state index is 15.7. The molecule has 3 fully saturated rings. The first-order chi connectivity index (χ1) is 63.0. The lowest BCUT2D eigenvalue weighted by Gasteiger charge is -2.36. The number of aromatic amines is 2. The van der Waals surface area contributed by atoms with E-state index in [-0.39, 0.29) is 102 Å². The number of phenolic OH excluding ortho intramolecular Hbond substituents is 1. The van der Waals surface area contributed by atoms with Gasteiger partial charge in [0.25, 0.3) is 0 Å². The molecule has 0 radical (unpaired) electrons. The number of carbonyl (C=O) groups is 17. The van der Waals surface area contributed by atoms with Crippen LogP contribution in [-0.4, -0.2) is 306 Å². The Morgan fingerprint density at radius 2 is 1.10 bits per heavy atom. The summed E-state index contributed by atoms with van der Waals surface area (Å²) in [4.78, 5) is 264. The van der Waals surface area contributed by atoms with Crippen molar-refractivity contribution in [1.82, 2.24) is 97.9 Å². The van der Waals surface area contributed by atoms with Gasteiger partial charge in [-0.25, -0.2) is 4.98 Å². The molecule has 0 bridgehead atoms. The monoisotopic (exact) mass is 1870 g/mol. The molecule has 714 valence electrons. The first-order valence-electron chi connectivity index (χ1n) is 44.0. The van der Waals surface area contributed by atoms with E-state index in [1.807, 2.05) is 43.5 Å². The Balaban J connectivity index is 1.08. The number of aromatic hydroxyl groups is 1. The van der Waals surface area contributed by atoms with Crippen LogP contribution < -0.4 is 75.7 Å². The Labute approximate surface area is 770 Å². The molecule has 22 N–H and O–H groups in total. The van der Waals surface area contributed by atoms with Crippen LogP contribution in [0.15, 0.2) is 96.9 Å². The second-order valence-corrected chi connectivity index (χ2v) is 35.2. The van der Waals surface area contributed by atoms with Crippen LogP contribution in [0, 0.1) is 5.41 Å². The zero-order chi connectivity index (χ0) is 96.2. The molecule has 6 aromatic rings. The number of aliphatic hydroxyl groups excluding tert-OH is 1. The summed E-state index contributed by atoms with van der Waals surface area (Å²) in [5, 5.41) is 61.4. The SMILES string of the molecule is CCCC[C@H]1C(=O)N(C)[C@@H](CCCC)C(=O)N[C@@H](CCCNC(=N)N)C(=O)NC(C(=O)NCC(N)=O)CSCC(=O)N[C@@H](Cc2ccc(O)cc2)C(=O)N(C)[C@@H](C)C(=O)N[C@@H](CC(N)=O)C(=O)N2CCC[C@H]2C(=O)N[C@@H](Cc2cnc[nH]2)C(=O)N[C@@H](CO)C(=O)N2CCC[C@H]2C(=O)N[C@@H](Cc2c[nH]c3ccccc23)C(=O)N[C@@H](C)C(=O)N[C@@H](Cc2csc3ccccc23)C(=O)N1C. The van der Waals surface area contributed by atoms with E-state index in [4.69, 9.17) is 22.6 Å². The van der Waals surface area contributed by atoms with E-state index in [9.17, 15) is 63.0 Å². The number of fused-ring (bicyclic) bond motifs is 4. The molecule has 42 nitrogen and oxygen atoms in total. The number of benzene rings is 3. The Hall–Kier alpha value is -13.3. The van der Waals surface area contributed by atoms with Crippen LogP contribution in [0.3, 0.4) is 0 Å². The van der Waals surface area contributed by atoms with E-state index in [0.717, 1.165) is 36.5 Å². The van der Waals surface area contributed by atoms with E-state index in [1.165, 1.54) is 92.9 Å². The fraction of sp³-hybridized carbons (Fsp3) is 0.511. The molecular weight excluding hydrogens is 1750 g/mol. The number of rotatable bonds is 24. The van der Waals surface area contributed by atoms with Gasteiger partial charge in [0.2, 0.25) is 100 Å². The number of aliphatic hydroxyl groups is 1. The minimum atomic E-state index is -1.78. The average Bonchev–Trinajstić information content (AvgIpc) is 1.25. The molecule has 132 heavy (non-hydrogen) atoms. The van der Waals surface area contributed by atoms with Crippen molar-refractivity contribution in [2.45, 2.75) is 221 Å². The van der Waals surface area contributed by atoms with Gasteiger partial charge in [0.15, 0.2) is 5.96 Å². The summed E-state index contributed by atoms with van der Waals surface area (Å²) in [5.74, 6) is -17.1. The third-order valence-electron chi connectivity index (χ3n) is 23.6. The van der Waals surface area contributed by atoms with Crippen LogP contribution in [0.2, 0.25) is 0 Å². The summed E-state index contributed by atoms with van der Waals surface area (Å²) in [7, 11) is 3.98. The van der Waals surface area contributed by atoms with Gasteiger partial charge in [-0.2, -0.15) is 0 Å². The second-order valence-electron chi connectivity index (χ2n) is 33.2. The number of nitrogens with two attached hydrogens (primary N) is 3. The van der Waals surface area contributed by atoms with Gasteiger partial charge in [0, 0.05) is 106 Å². The number of guanidine groups is 1. The molecular formula is C88H121N23O19S2. The molecule has 14 atom stereocenters.